The second kappa shape index (κ2) is 5.01. The van der Waals surface area contributed by atoms with Gasteiger partial charge in [-0.2, -0.15) is 0 Å². The molecule has 0 aliphatic heterocycles. The van der Waals surface area contributed by atoms with E-state index in [1.165, 1.54) is 0 Å². The van der Waals surface area contributed by atoms with Crippen LogP contribution in [-0.4, -0.2) is 21.1 Å². The number of pyridine rings is 1. The summed E-state index contributed by atoms with van der Waals surface area (Å²) in [5, 5.41) is 8.70. The molecular weight excluding hydrogens is 226 g/mol. The van der Waals surface area contributed by atoms with Gasteiger partial charge in [-0.15, -0.1) is 12.4 Å². The van der Waals surface area contributed by atoms with E-state index in [4.69, 9.17) is 10.8 Å². The Balaban J connectivity index is 0.00000128. The van der Waals surface area contributed by atoms with Crippen molar-refractivity contribution < 1.29 is 5.11 Å². The molecule has 86 valence electrons. The van der Waals surface area contributed by atoms with Gasteiger partial charge in [0, 0.05) is 17.6 Å². The molecule has 0 fully saturated rings. The van der Waals surface area contributed by atoms with Crippen molar-refractivity contribution in [2.75, 3.05) is 12.3 Å². The third-order valence-electron chi connectivity index (χ3n) is 2.30. The van der Waals surface area contributed by atoms with Gasteiger partial charge in [0.1, 0.15) is 5.65 Å². The molecule has 2 aromatic heterocycles. The van der Waals surface area contributed by atoms with Crippen LogP contribution in [0.3, 0.4) is 0 Å². The van der Waals surface area contributed by atoms with Crippen LogP contribution in [0.5, 0.6) is 0 Å². The van der Waals surface area contributed by atoms with Crippen molar-refractivity contribution in [3.8, 4) is 0 Å². The predicted octanol–water partition coefficient (Wildman–Crippen LogP) is 1.65. The van der Waals surface area contributed by atoms with Gasteiger partial charge >= 0.3 is 0 Å². The minimum absolute atomic E-state index is 0. The number of imidazole rings is 1. The van der Waals surface area contributed by atoms with Crippen molar-refractivity contribution in [1.82, 2.24) is 9.38 Å². The molecular formula is C11H14ClN3O. The molecule has 0 saturated heterocycles. The van der Waals surface area contributed by atoms with Crippen molar-refractivity contribution >= 4 is 29.8 Å². The number of aromatic nitrogens is 2. The molecule has 0 aliphatic rings. The Bertz CT molecular complexity index is 519. The lowest BCUT2D eigenvalue weighted by Gasteiger charge is -1.97. The number of aryl methyl sites for hydroxylation is 1. The fourth-order valence-electron chi connectivity index (χ4n) is 1.52. The fourth-order valence-corrected chi connectivity index (χ4v) is 1.52. The molecule has 2 aromatic rings. The summed E-state index contributed by atoms with van der Waals surface area (Å²) in [7, 11) is 0. The van der Waals surface area contributed by atoms with Gasteiger partial charge in [-0.05, 0) is 25.1 Å². The van der Waals surface area contributed by atoms with Crippen LogP contribution >= 0.6 is 12.4 Å². The van der Waals surface area contributed by atoms with Gasteiger partial charge in [0.15, 0.2) is 0 Å². The number of aliphatic hydroxyl groups is 1. The zero-order chi connectivity index (χ0) is 10.8. The molecule has 0 saturated carbocycles. The number of anilines is 1. The maximum Gasteiger partial charge on any atom is 0.137 e. The smallest absolute Gasteiger partial charge is 0.137 e. The van der Waals surface area contributed by atoms with E-state index in [9.17, 15) is 0 Å². The molecule has 3 N–H and O–H groups in total. The van der Waals surface area contributed by atoms with E-state index < -0.39 is 0 Å². The zero-order valence-corrected chi connectivity index (χ0v) is 9.74. The highest BCUT2D eigenvalue weighted by atomic mass is 35.5. The SMILES string of the molecule is Cc1c(C=CCO)nc2ccc(N)cn12.Cl. The molecule has 0 aromatic carbocycles. The average molecular weight is 240 g/mol. The number of fused-ring (bicyclic) bond motifs is 1. The minimum Gasteiger partial charge on any atom is -0.398 e. The van der Waals surface area contributed by atoms with Gasteiger partial charge in [0.25, 0.3) is 0 Å². The molecule has 5 heteroatoms. The first-order valence-electron chi connectivity index (χ1n) is 4.74. The molecule has 4 nitrogen and oxygen atoms in total. The number of hydrogen-bond donors (Lipinski definition) is 2. The molecule has 2 rings (SSSR count). The van der Waals surface area contributed by atoms with Crippen LogP contribution in [0, 0.1) is 6.92 Å². The van der Waals surface area contributed by atoms with Crippen LogP contribution in [0.25, 0.3) is 11.7 Å². The van der Waals surface area contributed by atoms with Crippen LogP contribution in [0.4, 0.5) is 5.69 Å². The molecule has 0 aliphatic carbocycles. The fraction of sp³-hybridized carbons (Fsp3) is 0.182. The summed E-state index contributed by atoms with van der Waals surface area (Å²) in [6.45, 7) is 1.99. The van der Waals surface area contributed by atoms with Gasteiger partial charge in [-0.25, -0.2) is 4.98 Å². The topological polar surface area (TPSA) is 63.5 Å². The summed E-state index contributed by atoms with van der Waals surface area (Å²) in [5.41, 5.74) is 9.14. The first-order valence-corrected chi connectivity index (χ1v) is 4.74. The Labute approximate surface area is 99.8 Å². The second-order valence-corrected chi connectivity index (χ2v) is 3.36. The molecule has 0 spiro atoms. The van der Waals surface area contributed by atoms with E-state index in [-0.39, 0.29) is 19.0 Å². The summed E-state index contributed by atoms with van der Waals surface area (Å²) < 4.78 is 1.94. The van der Waals surface area contributed by atoms with E-state index in [1.807, 2.05) is 29.7 Å². The Hall–Kier alpha value is -1.52. The summed E-state index contributed by atoms with van der Waals surface area (Å²) in [6, 6.07) is 3.69. The molecule has 0 atom stereocenters. The summed E-state index contributed by atoms with van der Waals surface area (Å²) >= 11 is 0. The lowest BCUT2D eigenvalue weighted by atomic mass is 10.3. The first-order chi connectivity index (χ1) is 7.22. The number of rotatable bonds is 2. The Kier molecular flexibility index (Phi) is 3.93. The number of hydrogen-bond acceptors (Lipinski definition) is 3. The Morgan fingerprint density at radius 2 is 2.25 bits per heavy atom. The Morgan fingerprint density at radius 3 is 2.94 bits per heavy atom. The average Bonchev–Trinajstić information content (AvgIpc) is 2.53. The van der Waals surface area contributed by atoms with Crippen LogP contribution < -0.4 is 5.73 Å². The predicted molar refractivity (Wildman–Crippen MR) is 67.7 cm³/mol. The van der Waals surface area contributed by atoms with E-state index in [0.29, 0.717) is 5.69 Å². The monoisotopic (exact) mass is 239 g/mol. The highest BCUT2D eigenvalue weighted by Gasteiger charge is 2.04. The van der Waals surface area contributed by atoms with Crippen molar-refractivity contribution in [3.63, 3.8) is 0 Å². The van der Waals surface area contributed by atoms with Gasteiger partial charge in [-0.3, -0.25) is 0 Å². The summed E-state index contributed by atoms with van der Waals surface area (Å²) in [5.74, 6) is 0. The van der Waals surface area contributed by atoms with Crippen molar-refractivity contribution in [3.05, 3.63) is 35.8 Å². The molecule has 0 amide bonds. The second-order valence-electron chi connectivity index (χ2n) is 3.36. The first kappa shape index (κ1) is 12.5. The zero-order valence-electron chi connectivity index (χ0n) is 8.92. The van der Waals surface area contributed by atoms with Gasteiger partial charge in [-0.1, -0.05) is 6.08 Å². The van der Waals surface area contributed by atoms with E-state index in [2.05, 4.69) is 4.98 Å². The van der Waals surface area contributed by atoms with Crippen LogP contribution in [0.2, 0.25) is 0 Å². The molecule has 0 bridgehead atoms. The lowest BCUT2D eigenvalue weighted by Crippen LogP contribution is -1.91. The Morgan fingerprint density at radius 1 is 1.50 bits per heavy atom. The largest absolute Gasteiger partial charge is 0.398 e. The van der Waals surface area contributed by atoms with Gasteiger partial charge < -0.3 is 15.2 Å². The van der Waals surface area contributed by atoms with Crippen LogP contribution in [-0.2, 0) is 0 Å². The maximum absolute atomic E-state index is 8.70. The number of nitrogens with zero attached hydrogens (tertiary/aromatic N) is 2. The summed E-state index contributed by atoms with van der Waals surface area (Å²) in [6.07, 6.45) is 5.31. The molecule has 2 heterocycles. The van der Waals surface area contributed by atoms with E-state index >= 15 is 0 Å². The standard InChI is InChI=1S/C11H13N3O.ClH/c1-8-10(3-2-6-15)13-11-5-4-9(12)7-14(8)11;/h2-5,7,15H,6,12H2,1H3;1H. The van der Waals surface area contributed by atoms with Crippen molar-refractivity contribution in [2.45, 2.75) is 6.92 Å². The molecule has 0 radical (unpaired) electrons. The minimum atomic E-state index is 0. The van der Waals surface area contributed by atoms with Crippen LogP contribution in [0.1, 0.15) is 11.4 Å². The summed E-state index contributed by atoms with van der Waals surface area (Å²) in [4.78, 5) is 4.40. The molecule has 0 unspecified atom stereocenters. The number of nitrogens with two attached hydrogens (primary N) is 1. The van der Waals surface area contributed by atoms with E-state index in [0.717, 1.165) is 17.0 Å². The highest BCUT2D eigenvalue weighted by Crippen LogP contribution is 2.15. The number of nitrogen functional groups attached to an aromatic ring is 1. The van der Waals surface area contributed by atoms with Gasteiger partial charge in [0.2, 0.25) is 0 Å². The number of aliphatic hydroxyl groups excluding tert-OH is 1. The van der Waals surface area contributed by atoms with E-state index in [1.54, 1.807) is 12.2 Å². The third kappa shape index (κ3) is 2.18. The maximum atomic E-state index is 8.70. The highest BCUT2D eigenvalue weighted by molar-refractivity contribution is 5.85. The third-order valence-corrected chi connectivity index (χ3v) is 2.30. The normalized spacial score (nSPS) is 10.9. The van der Waals surface area contributed by atoms with Crippen molar-refractivity contribution in [2.24, 2.45) is 0 Å². The van der Waals surface area contributed by atoms with Gasteiger partial charge in [0.05, 0.1) is 12.3 Å². The van der Waals surface area contributed by atoms with Crippen LogP contribution in [0.15, 0.2) is 24.4 Å². The molecule has 16 heavy (non-hydrogen) atoms. The lowest BCUT2D eigenvalue weighted by molar-refractivity contribution is 0.343. The quantitative estimate of drug-likeness (QED) is 0.838. The van der Waals surface area contributed by atoms with Crippen molar-refractivity contribution in [1.29, 1.82) is 0 Å². The number of halogens is 1.